The highest BCUT2D eigenvalue weighted by atomic mass is 19.4. The zero-order valence-electron chi connectivity index (χ0n) is 17.6. The van der Waals surface area contributed by atoms with Crippen LogP contribution >= 0.6 is 0 Å². The van der Waals surface area contributed by atoms with Gasteiger partial charge in [0.2, 0.25) is 11.9 Å². The third-order valence-electron chi connectivity index (χ3n) is 5.45. The molecule has 4 rings (SSSR count). The van der Waals surface area contributed by atoms with Crippen LogP contribution in [0.4, 0.5) is 24.8 Å². The minimum absolute atomic E-state index is 0.182. The van der Waals surface area contributed by atoms with Crippen LogP contribution in [0.5, 0.6) is 0 Å². The Bertz CT molecular complexity index is 1050. The first kappa shape index (κ1) is 21.9. The van der Waals surface area contributed by atoms with Gasteiger partial charge in [-0.05, 0) is 43.3 Å². The Balaban J connectivity index is 1.30. The zero-order chi connectivity index (χ0) is 22.7. The molecule has 1 saturated heterocycles. The van der Waals surface area contributed by atoms with E-state index < -0.39 is 11.7 Å². The number of hydrogen-bond acceptors (Lipinski definition) is 4. The predicted molar refractivity (Wildman–Crippen MR) is 117 cm³/mol. The van der Waals surface area contributed by atoms with Crippen molar-refractivity contribution in [1.82, 2.24) is 14.5 Å². The minimum atomic E-state index is -4.39. The molecule has 6 nitrogen and oxygen atoms in total. The molecule has 0 radical (unpaired) electrons. The second-order valence-electron chi connectivity index (χ2n) is 7.82. The molecule has 0 atom stereocenters. The van der Waals surface area contributed by atoms with Crippen LogP contribution in [0.15, 0.2) is 60.9 Å². The van der Waals surface area contributed by atoms with Gasteiger partial charge in [-0.1, -0.05) is 17.7 Å². The van der Waals surface area contributed by atoms with Gasteiger partial charge in [-0.25, -0.2) is 4.98 Å². The number of aryl methyl sites for hydroxylation is 1. The highest BCUT2D eigenvalue weighted by Crippen LogP contribution is 2.29. The van der Waals surface area contributed by atoms with E-state index in [0.29, 0.717) is 18.8 Å². The normalized spacial score (nSPS) is 15.1. The van der Waals surface area contributed by atoms with E-state index in [0.717, 1.165) is 36.9 Å². The molecule has 2 heterocycles. The average molecular weight is 443 g/mol. The number of carbonyl (C=O) groups is 1. The van der Waals surface area contributed by atoms with Gasteiger partial charge in [0.1, 0.15) is 0 Å². The van der Waals surface area contributed by atoms with Crippen LogP contribution in [-0.2, 0) is 11.0 Å². The molecule has 32 heavy (non-hydrogen) atoms. The number of benzene rings is 2. The number of hydrogen-bond donors (Lipinski definition) is 1. The number of nitrogens with zero attached hydrogens (tertiary/aromatic N) is 4. The molecule has 1 N–H and O–H groups in total. The van der Waals surface area contributed by atoms with E-state index in [-0.39, 0.29) is 12.5 Å². The van der Waals surface area contributed by atoms with E-state index >= 15 is 0 Å². The summed E-state index contributed by atoms with van der Waals surface area (Å²) in [5, 5.41) is 2.66. The van der Waals surface area contributed by atoms with E-state index in [4.69, 9.17) is 0 Å². The van der Waals surface area contributed by atoms with Crippen molar-refractivity contribution in [2.45, 2.75) is 13.1 Å². The molecule has 1 aromatic heterocycles. The maximum absolute atomic E-state index is 12.7. The molecular weight excluding hydrogens is 419 g/mol. The lowest BCUT2D eigenvalue weighted by Gasteiger charge is -2.35. The Morgan fingerprint density at radius 2 is 1.66 bits per heavy atom. The fraction of sp³-hybridized carbons (Fsp3) is 0.304. The van der Waals surface area contributed by atoms with Crippen molar-refractivity contribution in [2.75, 3.05) is 42.9 Å². The Labute approximate surface area is 184 Å². The number of imidazole rings is 1. The smallest absolute Gasteiger partial charge is 0.339 e. The van der Waals surface area contributed by atoms with Crippen molar-refractivity contribution in [3.63, 3.8) is 0 Å². The second kappa shape index (κ2) is 9.04. The van der Waals surface area contributed by atoms with Gasteiger partial charge >= 0.3 is 6.18 Å². The lowest BCUT2D eigenvalue weighted by Crippen LogP contribution is -2.49. The van der Waals surface area contributed by atoms with Gasteiger partial charge in [0.15, 0.2) is 0 Å². The first-order valence-electron chi connectivity index (χ1n) is 10.3. The average Bonchev–Trinajstić information content (AvgIpc) is 3.24. The van der Waals surface area contributed by atoms with Gasteiger partial charge in [-0.15, -0.1) is 0 Å². The maximum atomic E-state index is 12.7. The summed E-state index contributed by atoms with van der Waals surface area (Å²) in [5.74, 6) is 0.613. The molecule has 1 aliphatic rings. The van der Waals surface area contributed by atoms with Gasteiger partial charge < -0.3 is 10.2 Å². The van der Waals surface area contributed by atoms with Crippen LogP contribution in [-0.4, -0.2) is 53.1 Å². The molecule has 0 unspecified atom stereocenters. The Hall–Kier alpha value is -3.33. The van der Waals surface area contributed by atoms with E-state index in [9.17, 15) is 18.0 Å². The van der Waals surface area contributed by atoms with Crippen molar-refractivity contribution in [1.29, 1.82) is 0 Å². The van der Waals surface area contributed by atoms with Crippen LogP contribution in [0.25, 0.3) is 5.69 Å². The monoisotopic (exact) mass is 443 g/mol. The molecule has 2 aromatic carbocycles. The van der Waals surface area contributed by atoms with Gasteiger partial charge in [-0.2, -0.15) is 13.2 Å². The van der Waals surface area contributed by atoms with Crippen LogP contribution in [0.1, 0.15) is 11.1 Å². The van der Waals surface area contributed by atoms with Crippen LogP contribution in [0, 0.1) is 6.92 Å². The summed E-state index contributed by atoms with van der Waals surface area (Å²) < 4.78 is 40.0. The van der Waals surface area contributed by atoms with E-state index in [2.05, 4.69) is 39.5 Å². The lowest BCUT2D eigenvalue weighted by atomic mass is 10.2. The molecule has 3 aromatic rings. The molecule has 1 aliphatic heterocycles. The molecule has 0 aliphatic carbocycles. The number of anilines is 2. The van der Waals surface area contributed by atoms with Crippen LogP contribution in [0.3, 0.4) is 0 Å². The third-order valence-corrected chi connectivity index (χ3v) is 5.45. The molecule has 0 spiro atoms. The summed E-state index contributed by atoms with van der Waals surface area (Å²) in [4.78, 5) is 21.1. The van der Waals surface area contributed by atoms with E-state index in [1.165, 1.54) is 17.7 Å². The number of nitrogens with one attached hydrogen (secondary N) is 1. The SMILES string of the molecule is Cc1ccc(-n2ccnc2N2CCN(CC(=O)Nc3ccc(C(F)(F)F)cc3)CC2)cc1. The zero-order valence-corrected chi connectivity index (χ0v) is 17.6. The van der Waals surface area contributed by atoms with Gasteiger partial charge in [0.05, 0.1) is 12.1 Å². The van der Waals surface area contributed by atoms with Crippen molar-refractivity contribution < 1.29 is 18.0 Å². The molecule has 9 heteroatoms. The number of carbonyl (C=O) groups excluding carboxylic acids is 1. The number of rotatable bonds is 5. The maximum Gasteiger partial charge on any atom is 0.416 e. The van der Waals surface area contributed by atoms with Crippen molar-refractivity contribution in [3.8, 4) is 5.69 Å². The lowest BCUT2D eigenvalue weighted by molar-refractivity contribution is -0.137. The summed E-state index contributed by atoms with van der Waals surface area (Å²) in [7, 11) is 0. The van der Waals surface area contributed by atoms with Crippen LogP contribution in [0.2, 0.25) is 0 Å². The standard InChI is InChI=1S/C23H24F3N5O/c1-17-2-8-20(9-3-17)31-11-10-27-22(31)30-14-12-29(13-15-30)16-21(32)28-19-6-4-18(5-7-19)23(24,25)26/h2-11H,12-16H2,1H3,(H,28,32). The molecule has 1 amide bonds. The quantitative estimate of drug-likeness (QED) is 0.649. The molecule has 1 fully saturated rings. The summed E-state index contributed by atoms with van der Waals surface area (Å²) in [5.41, 5.74) is 1.84. The Morgan fingerprint density at radius 1 is 1.00 bits per heavy atom. The fourth-order valence-electron chi connectivity index (χ4n) is 3.69. The predicted octanol–water partition coefficient (Wildman–Crippen LogP) is 3.96. The number of aromatic nitrogens is 2. The van der Waals surface area contributed by atoms with Crippen molar-refractivity contribution >= 4 is 17.5 Å². The van der Waals surface area contributed by atoms with Gasteiger partial charge in [0, 0.05) is 49.9 Å². The first-order chi connectivity index (χ1) is 15.3. The topological polar surface area (TPSA) is 53.4 Å². The van der Waals surface area contributed by atoms with E-state index in [1.807, 2.05) is 22.6 Å². The molecule has 0 saturated carbocycles. The summed E-state index contributed by atoms with van der Waals surface area (Å²) in [6.07, 6.45) is -0.681. The molecule has 168 valence electrons. The highest BCUT2D eigenvalue weighted by Gasteiger charge is 2.30. The van der Waals surface area contributed by atoms with E-state index in [1.54, 1.807) is 6.20 Å². The van der Waals surface area contributed by atoms with Gasteiger partial charge in [0.25, 0.3) is 0 Å². The third kappa shape index (κ3) is 5.11. The number of piperazine rings is 1. The van der Waals surface area contributed by atoms with Crippen molar-refractivity contribution in [3.05, 3.63) is 72.1 Å². The molecular formula is C23H24F3N5O. The highest BCUT2D eigenvalue weighted by molar-refractivity contribution is 5.92. The second-order valence-corrected chi connectivity index (χ2v) is 7.82. The first-order valence-corrected chi connectivity index (χ1v) is 10.3. The summed E-state index contributed by atoms with van der Waals surface area (Å²) in [6.45, 7) is 5.03. The number of amides is 1. The number of halogens is 3. The fourth-order valence-corrected chi connectivity index (χ4v) is 3.69. The Morgan fingerprint density at radius 3 is 2.28 bits per heavy atom. The number of alkyl halides is 3. The van der Waals surface area contributed by atoms with Gasteiger partial charge in [-0.3, -0.25) is 14.3 Å². The Kier molecular flexibility index (Phi) is 6.18. The molecule has 0 bridgehead atoms. The summed E-state index contributed by atoms with van der Waals surface area (Å²) >= 11 is 0. The largest absolute Gasteiger partial charge is 0.416 e. The minimum Gasteiger partial charge on any atom is -0.339 e. The van der Waals surface area contributed by atoms with Crippen molar-refractivity contribution in [2.24, 2.45) is 0 Å². The summed E-state index contributed by atoms with van der Waals surface area (Å²) in [6, 6.07) is 12.7. The van der Waals surface area contributed by atoms with Crippen LogP contribution < -0.4 is 10.2 Å².